The number of benzene rings is 2. The van der Waals surface area contributed by atoms with E-state index < -0.39 is 0 Å². The number of nitrogens with one attached hydrogen (secondary N) is 1. The topological polar surface area (TPSA) is 54.0 Å². The van der Waals surface area contributed by atoms with Crippen LogP contribution in [0.25, 0.3) is 0 Å². The molecule has 0 radical (unpaired) electrons. The van der Waals surface area contributed by atoms with E-state index in [2.05, 4.69) is 10.2 Å². The molecule has 1 heterocycles. The molecule has 0 saturated carbocycles. The van der Waals surface area contributed by atoms with E-state index in [1.165, 1.54) is 0 Å². The Labute approximate surface area is 158 Å². The second-order valence-corrected chi connectivity index (χ2v) is 6.31. The van der Waals surface area contributed by atoms with Crippen LogP contribution in [-0.2, 0) is 0 Å². The molecule has 1 aliphatic rings. The van der Waals surface area contributed by atoms with E-state index in [-0.39, 0.29) is 12.8 Å². The number of rotatable bonds is 5. The average Bonchev–Trinajstić information content (AvgIpc) is 2.68. The monoisotopic (exact) mass is 375 g/mol. The Balaban J connectivity index is 1.45. The molecular formula is C19H22ClN3O3. The minimum Gasteiger partial charge on any atom is -0.493 e. The number of ether oxygens (including phenoxy) is 2. The van der Waals surface area contributed by atoms with Crippen LogP contribution in [0.2, 0.25) is 5.02 Å². The Bertz CT molecular complexity index is 748. The van der Waals surface area contributed by atoms with Crippen LogP contribution in [-0.4, -0.2) is 51.0 Å². The summed E-state index contributed by atoms with van der Waals surface area (Å²) in [6, 6.07) is 15.0. The summed E-state index contributed by atoms with van der Waals surface area (Å²) in [5, 5.41) is 3.50. The number of para-hydroxylation sites is 2. The predicted octanol–water partition coefficient (Wildman–Crippen LogP) is 3.22. The highest BCUT2D eigenvalue weighted by Gasteiger charge is 2.21. The van der Waals surface area contributed by atoms with Gasteiger partial charge in [0.05, 0.1) is 7.11 Å². The number of amides is 2. The van der Waals surface area contributed by atoms with Crippen LogP contribution < -0.4 is 19.7 Å². The van der Waals surface area contributed by atoms with E-state index in [0.29, 0.717) is 24.6 Å². The highest BCUT2D eigenvalue weighted by molar-refractivity contribution is 6.30. The van der Waals surface area contributed by atoms with Crippen LogP contribution in [0, 0.1) is 0 Å². The van der Waals surface area contributed by atoms with Gasteiger partial charge in [0.1, 0.15) is 0 Å². The van der Waals surface area contributed by atoms with Crippen molar-refractivity contribution in [2.75, 3.05) is 44.9 Å². The first-order valence-electron chi connectivity index (χ1n) is 8.46. The normalized spacial score (nSPS) is 14.1. The van der Waals surface area contributed by atoms with Gasteiger partial charge in [-0.2, -0.15) is 0 Å². The zero-order valence-corrected chi connectivity index (χ0v) is 15.4. The SMILES string of the molecule is COc1ccccc1OCNC(=O)N1CCN(c2cccc(Cl)c2)CC1. The van der Waals surface area contributed by atoms with Gasteiger partial charge in [-0.05, 0) is 30.3 Å². The van der Waals surface area contributed by atoms with Crippen molar-refractivity contribution in [3.05, 3.63) is 53.6 Å². The molecule has 3 rings (SSSR count). The molecule has 1 N–H and O–H groups in total. The minimum absolute atomic E-state index is 0.0910. The van der Waals surface area contributed by atoms with Gasteiger partial charge in [0.2, 0.25) is 0 Å². The summed E-state index contributed by atoms with van der Waals surface area (Å²) < 4.78 is 10.8. The zero-order valence-electron chi connectivity index (χ0n) is 14.7. The summed E-state index contributed by atoms with van der Waals surface area (Å²) in [6.07, 6.45) is 0. The molecule has 138 valence electrons. The lowest BCUT2D eigenvalue weighted by Gasteiger charge is -2.36. The fourth-order valence-corrected chi connectivity index (χ4v) is 3.05. The van der Waals surface area contributed by atoms with Crippen LogP contribution >= 0.6 is 11.6 Å². The van der Waals surface area contributed by atoms with Gasteiger partial charge in [0, 0.05) is 36.9 Å². The Kier molecular flexibility index (Phi) is 6.07. The smallest absolute Gasteiger partial charge is 0.320 e. The predicted molar refractivity (Wildman–Crippen MR) is 102 cm³/mol. The fourth-order valence-electron chi connectivity index (χ4n) is 2.87. The first kappa shape index (κ1) is 18.2. The lowest BCUT2D eigenvalue weighted by atomic mass is 10.2. The van der Waals surface area contributed by atoms with E-state index in [4.69, 9.17) is 21.1 Å². The molecule has 0 unspecified atom stereocenters. The minimum atomic E-state index is -0.134. The molecule has 0 aromatic heterocycles. The fraction of sp³-hybridized carbons (Fsp3) is 0.316. The first-order valence-corrected chi connectivity index (χ1v) is 8.84. The molecule has 6 nitrogen and oxygen atoms in total. The third-order valence-corrected chi connectivity index (χ3v) is 4.50. The number of piperazine rings is 1. The zero-order chi connectivity index (χ0) is 18.4. The van der Waals surface area contributed by atoms with E-state index in [9.17, 15) is 4.79 Å². The molecule has 7 heteroatoms. The molecule has 0 aliphatic carbocycles. The highest BCUT2D eigenvalue weighted by Crippen LogP contribution is 2.25. The summed E-state index contributed by atoms with van der Waals surface area (Å²) in [5.41, 5.74) is 1.08. The van der Waals surface area contributed by atoms with Gasteiger partial charge in [-0.1, -0.05) is 29.8 Å². The average molecular weight is 376 g/mol. The van der Waals surface area contributed by atoms with Gasteiger partial charge in [-0.15, -0.1) is 0 Å². The van der Waals surface area contributed by atoms with Crippen molar-refractivity contribution in [1.29, 1.82) is 0 Å². The van der Waals surface area contributed by atoms with Crippen LogP contribution in [0.1, 0.15) is 0 Å². The van der Waals surface area contributed by atoms with Crippen LogP contribution in [0.15, 0.2) is 48.5 Å². The van der Waals surface area contributed by atoms with Gasteiger partial charge in [0.25, 0.3) is 0 Å². The molecular weight excluding hydrogens is 354 g/mol. The van der Waals surface area contributed by atoms with Crippen molar-refractivity contribution < 1.29 is 14.3 Å². The number of carbonyl (C=O) groups is 1. The van der Waals surface area contributed by atoms with Gasteiger partial charge in [-0.3, -0.25) is 0 Å². The summed E-state index contributed by atoms with van der Waals surface area (Å²) >= 11 is 6.05. The number of urea groups is 1. The molecule has 2 amide bonds. The molecule has 1 saturated heterocycles. The molecule has 2 aromatic rings. The maximum absolute atomic E-state index is 12.3. The second kappa shape index (κ2) is 8.67. The van der Waals surface area contributed by atoms with Crippen LogP contribution in [0.3, 0.4) is 0 Å². The van der Waals surface area contributed by atoms with Crippen LogP contribution in [0.4, 0.5) is 10.5 Å². The standard InChI is InChI=1S/C19H22ClN3O3/c1-25-17-7-2-3-8-18(17)26-14-21-19(24)23-11-9-22(10-12-23)16-6-4-5-15(20)13-16/h2-8,13H,9-12,14H2,1H3,(H,21,24). The number of nitrogens with zero attached hydrogens (tertiary/aromatic N) is 2. The number of anilines is 1. The third-order valence-electron chi connectivity index (χ3n) is 4.26. The molecule has 2 aromatic carbocycles. The van der Waals surface area contributed by atoms with E-state index in [0.717, 1.165) is 23.8 Å². The van der Waals surface area contributed by atoms with Gasteiger partial charge < -0.3 is 24.6 Å². The Hall–Kier alpha value is -2.60. The van der Waals surface area contributed by atoms with Crippen molar-refractivity contribution in [2.24, 2.45) is 0 Å². The highest BCUT2D eigenvalue weighted by atomic mass is 35.5. The Morgan fingerprint density at radius 1 is 1.08 bits per heavy atom. The van der Waals surface area contributed by atoms with E-state index >= 15 is 0 Å². The van der Waals surface area contributed by atoms with E-state index in [1.807, 2.05) is 42.5 Å². The van der Waals surface area contributed by atoms with Crippen molar-refractivity contribution in [3.8, 4) is 11.5 Å². The largest absolute Gasteiger partial charge is 0.493 e. The summed E-state index contributed by atoms with van der Waals surface area (Å²) in [6.45, 7) is 2.91. The number of carbonyl (C=O) groups excluding carboxylic acids is 1. The summed E-state index contributed by atoms with van der Waals surface area (Å²) in [4.78, 5) is 16.3. The van der Waals surface area contributed by atoms with Gasteiger partial charge in [0.15, 0.2) is 18.2 Å². The maximum atomic E-state index is 12.3. The maximum Gasteiger partial charge on any atom is 0.320 e. The third kappa shape index (κ3) is 4.52. The van der Waals surface area contributed by atoms with Crippen LogP contribution in [0.5, 0.6) is 11.5 Å². The number of hydrogen-bond donors (Lipinski definition) is 1. The number of methoxy groups -OCH3 is 1. The molecule has 0 atom stereocenters. The lowest BCUT2D eigenvalue weighted by molar-refractivity contribution is 0.180. The summed E-state index contributed by atoms with van der Waals surface area (Å²) in [7, 11) is 1.58. The number of halogens is 1. The Morgan fingerprint density at radius 2 is 1.81 bits per heavy atom. The molecule has 1 fully saturated rings. The van der Waals surface area contributed by atoms with Gasteiger partial charge in [-0.25, -0.2) is 4.79 Å². The molecule has 26 heavy (non-hydrogen) atoms. The van der Waals surface area contributed by atoms with Crippen molar-refractivity contribution >= 4 is 23.3 Å². The quantitative estimate of drug-likeness (QED) is 0.815. The molecule has 0 spiro atoms. The summed E-state index contributed by atoms with van der Waals surface area (Å²) in [5.74, 6) is 1.23. The van der Waals surface area contributed by atoms with Crippen molar-refractivity contribution in [1.82, 2.24) is 10.2 Å². The number of hydrogen-bond acceptors (Lipinski definition) is 4. The molecule has 0 bridgehead atoms. The first-order chi connectivity index (χ1) is 12.7. The van der Waals surface area contributed by atoms with Gasteiger partial charge >= 0.3 is 6.03 Å². The lowest BCUT2D eigenvalue weighted by Crippen LogP contribution is -2.52. The second-order valence-electron chi connectivity index (χ2n) is 5.88. The Morgan fingerprint density at radius 3 is 2.50 bits per heavy atom. The van der Waals surface area contributed by atoms with Crippen molar-refractivity contribution in [2.45, 2.75) is 0 Å². The molecule has 1 aliphatic heterocycles. The van der Waals surface area contributed by atoms with Crippen molar-refractivity contribution in [3.63, 3.8) is 0 Å². The van der Waals surface area contributed by atoms with E-state index in [1.54, 1.807) is 18.1 Å².